The van der Waals surface area contributed by atoms with Gasteiger partial charge in [-0.15, -0.1) is 0 Å². The molecule has 0 saturated carbocycles. The first-order valence-corrected chi connectivity index (χ1v) is 5.25. The molecule has 0 aliphatic heterocycles. The van der Waals surface area contributed by atoms with Gasteiger partial charge in [0, 0.05) is 0 Å². The van der Waals surface area contributed by atoms with E-state index in [1.165, 1.54) is 6.07 Å². The van der Waals surface area contributed by atoms with Gasteiger partial charge in [0.15, 0.2) is 17.8 Å². The maximum atomic E-state index is 10.9. The quantitative estimate of drug-likeness (QED) is 0.626. The van der Waals surface area contributed by atoms with Crippen molar-refractivity contribution < 1.29 is 15.0 Å². The lowest BCUT2D eigenvalue weighted by Gasteiger charge is -2.08. The van der Waals surface area contributed by atoms with Crippen LogP contribution < -0.4 is 0 Å². The highest BCUT2D eigenvalue weighted by Gasteiger charge is 2.11. The average Bonchev–Trinajstić information content (AvgIpc) is 2.36. The highest BCUT2D eigenvalue weighted by atomic mass is 16.3. The molecular formula is C14H12O3. The van der Waals surface area contributed by atoms with E-state index in [0.717, 1.165) is 5.56 Å². The fourth-order valence-electron chi connectivity index (χ4n) is 1.74. The zero-order valence-corrected chi connectivity index (χ0v) is 9.13. The molecule has 2 N–H and O–H groups in total. The van der Waals surface area contributed by atoms with Crippen molar-refractivity contribution in [2.45, 2.75) is 6.42 Å². The second kappa shape index (κ2) is 4.70. The molecule has 0 atom stereocenters. The Bertz CT molecular complexity index is 533. The van der Waals surface area contributed by atoms with Gasteiger partial charge in [0.25, 0.3) is 0 Å². The standard InChI is InChI=1S/C14H12O3/c15-9-12-11(6-7-13(16)14(12)17)8-10-4-2-1-3-5-10/h1-7,9,16-17H,8H2. The lowest BCUT2D eigenvalue weighted by atomic mass is 9.99. The summed E-state index contributed by atoms with van der Waals surface area (Å²) in [4.78, 5) is 10.9. The van der Waals surface area contributed by atoms with Gasteiger partial charge in [-0.25, -0.2) is 0 Å². The summed E-state index contributed by atoms with van der Waals surface area (Å²) in [5, 5.41) is 18.9. The number of hydrogen-bond acceptors (Lipinski definition) is 3. The predicted molar refractivity (Wildman–Crippen MR) is 64.4 cm³/mol. The van der Waals surface area contributed by atoms with E-state index in [1.54, 1.807) is 6.07 Å². The second-order valence-electron chi connectivity index (χ2n) is 3.79. The van der Waals surface area contributed by atoms with Crippen LogP contribution in [0.1, 0.15) is 21.5 Å². The van der Waals surface area contributed by atoms with E-state index in [-0.39, 0.29) is 17.1 Å². The molecule has 0 saturated heterocycles. The van der Waals surface area contributed by atoms with Crippen LogP contribution in [0.3, 0.4) is 0 Å². The minimum atomic E-state index is -0.353. The van der Waals surface area contributed by atoms with E-state index in [2.05, 4.69) is 0 Å². The number of aromatic hydroxyl groups is 2. The van der Waals surface area contributed by atoms with Gasteiger partial charge < -0.3 is 10.2 Å². The number of carbonyl (C=O) groups is 1. The van der Waals surface area contributed by atoms with Crippen LogP contribution in [0, 0.1) is 0 Å². The first-order valence-electron chi connectivity index (χ1n) is 5.25. The number of hydrogen-bond donors (Lipinski definition) is 2. The molecule has 0 aliphatic rings. The Morgan fingerprint density at radius 1 is 1.00 bits per heavy atom. The summed E-state index contributed by atoms with van der Waals surface area (Å²) in [5.74, 6) is -0.627. The summed E-state index contributed by atoms with van der Waals surface area (Å²) in [6, 6.07) is 12.7. The first kappa shape index (κ1) is 11.2. The number of aldehydes is 1. The lowest BCUT2D eigenvalue weighted by molar-refractivity contribution is 0.111. The van der Waals surface area contributed by atoms with Gasteiger partial charge in [0.05, 0.1) is 5.56 Å². The summed E-state index contributed by atoms with van der Waals surface area (Å²) >= 11 is 0. The topological polar surface area (TPSA) is 57.5 Å². The molecular weight excluding hydrogens is 216 g/mol. The van der Waals surface area contributed by atoms with Crippen LogP contribution in [0.2, 0.25) is 0 Å². The molecule has 0 amide bonds. The molecule has 0 radical (unpaired) electrons. The Morgan fingerprint density at radius 2 is 1.71 bits per heavy atom. The van der Waals surface area contributed by atoms with Crippen LogP contribution in [0.15, 0.2) is 42.5 Å². The van der Waals surface area contributed by atoms with Gasteiger partial charge in [-0.3, -0.25) is 4.79 Å². The van der Waals surface area contributed by atoms with E-state index < -0.39 is 0 Å². The Morgan fingerprint density at radius 3 is 2.35 bits per heavy atom. The van der Waals surface area contributed by atoms with Gasteiger partial charge in [-0.1, -0.05) is 36.4 Å². The molecule has 3 heteroatoms. The molecule has 2 aromatic rings. The van der Waals surface area contributed by atoms with E-state index in [4.69, 9.17) is 0 Å². The van der Waals surface area contributed by atoms with Crippen LogP contribution in [-0.2, 0) is 6.42 Å². The Hall–Kier alpha value is -2.29. The smallest absolute Gasteiger partial charge is 0.168 e. The summed E-state index contributed by atoms with van der Waals surface area (Å²) in [7, 11) is 0. The van der Waals surface area contributed by atoms with Gasteiger partial charge in [0.1, 0.15) is 0 Å². The fourth-order valence-corrected chi connectivity index (χ4v) is 1.74. The molecule has 0 heterocycles. The Balaban J connectivity index is 2.40. The number of phenols is 2. The fraction of sp³-hybridized carbons (Fsp3) is 0.0714. The minimum absolute atomic E-state index is 0.147. The van der Waals surface area contributed by atoms with Gasteiger partial charge in [-0.05, 0) is 23.6 Å². The highest BCUT2D eigenvalue weighted by Crippen LogP contribution is 2.31. The number of phenolic OH excluding ortho intramolecular Hbond substituents is 2. The average molecular weight is 228 g/mol. The SMILES string of the molecule is O=Cc1c(Cc2ccccc2)ccc(O)c1O. The van der Waals surface area contributed by atoms with Crippen molar-refractivity contribution in [2.75, 3.05) is 0 Å². The monoisotopic (exact) mass is 228 g/mol. The van der Waals surface area contributed by atoms with Crippen molar-refractivity contribution in [1.82, 2.24) is 0 Å². The van der Waals surface area contributed by atoms with Crippen LogP contribution in [0.5, 0.6) is 11.5 Å². The maximum absolute atomic E-state index is 10.9. The van der Waals surface area contributed by atoms with Crippen molar-refractivity contribution in [2.24, 2.45) is 0 Å². The van der Waals surface area contributed by atoms with Crippen molar-refractivity contribution >= 4 is 6.29 Å². The molecule has 2 aromatic carbocycles. The largest absolute Gasteiger partial charge is 0.504 e. The second-order valence-corrected chi connectivity index (χ2v) is 3.79. The maximum Gasteiger partial charge on any atom is 0.168 e. The molecule has 2 rings (SSSR count). The molecule has 0 spiro atoms. The third-order valence-electron chi connectivity index (χ3n) is 2.64. The molecule has 3 nitrogen and oxygen atoms in total. The molecule has 17 heavy (non-hydrogen) atoms. The van der Waals surface area contributed by atoms with Crippen molar-refractivity contribution in [3.8, 4) is 11.5 Å². The Labute approximate surface area is 99.0 Å². The molecule has 86 valence electrons. The van der Waals surface area contributed by atoms with Crippen LogP contribution in [0.25, 0.3) is 0 Å². The molecule has 0 bridgehead atoms. The minimum Gasteiger partial charge on any atom is -0.504 e. The summed E-state index contributed by atoms with van der Waals surface area (Å²) in [5.41, 5.74) is 1.89. The number of benzene rings is 2. The Kier molecular flexibility index (Phi) is 3.10. The molecule has 0 fully saturated rings. The van der Waals surface area contributed by atoms with Gasteiger partial charge in [-0.2, -0.15) is 0 Å². The summed E-state index contributed by atoms with van der Waals surface area (Å²) < 4.78 is 0. The normalized spacial score (nSPS) is 10.1. The van der Waals surface area contributed by atoms with E-state index >= 15 is 0 Å². The summed E-state index contributed by atoms with van der Waals surface area (Å²) in [6.45, 7) is 0. The van der Waals surface area contributed by atoms with Crippen LogP contribution >= 0.6 is 0 Å². The lowest BCUT2D eigenvalue weighted by Crippen LogP contribution is -1.95. The van der Waals surface area contributed by atoms with Gasteiger partial charge >= 0.3 is 0 Å². The highest BCUT2D eigenvalue weighted by molar-refractivity contribution is 5.83. The first-order chi connectivity index (χ1) is 8.22. The van der Waals surface area contributed by atoms with E-state index in [9.17, 15) is 15.0 Å². The third-order valence-corrected chi connectivity index (χ3v) is 2.64. The summed E-state index contributed by atoms with van der Waals surface area (Å²) in [6.07, 6.45) is 1.11. The van der Waals surface area contributed by atoms with E-state index in [1.807, 2.05) is 30.3 Å². The molecule has 0 aliphatic carbocycles. The van der Waals surface area contributed by atoms with Crippen LogP contribution in [0.4, 0.5) is 0 Å². The number of rotatable bonds is 3. The van der Waals surface area contributed by atoms with E-state index in [0.29, 0.717) is 18.3 Å². The molecule has 0 unspecified atom stereocenters. The molecule has 0 aromatic heterocycles. The predicted octanol–water partition coefficient (Wildman–Crippen LogP) is 2.50. The zero-order chi connectivity index (χ0) is 12.3. The van der Waals surface area contributed by atoms with Crippen molar-refractivity contribution in [3.05, 3.63) is 59.2 Å². The van der Waals surface area contributed by atoms with Gasteiger partial charge in [0.2, 0.25) is 0 Å². The zero-order valence-electron chi connectivity index (χ0n) is 9.13. The van der Waals surface area contributed by atoms with Crippen LogP contribution in [-0.4, -0.2) is 16.5 Å². The van der Waals surface area contributed by atoms with Crippen molar-refractivity contribution in [1.29, 1.82) is 0 Å². The number of carbonyl (C=O) groups excluding carboxylic acids is 1. The van der Waals surface area contributed by atoms with Crippen molar-refractivity contribution in [3.63, 3.8) is 0 Å². The third kappa shape index (κ3) is 2.28.